The Morgan fingerprint density at radius 1 is 0.786 bits per heavy atom. The Morgan fingerprint density at radius 3 is 1.68 bits per heavy atom. The Labute approximate surface area is 176 Å². The first-order valence-corrected chi connectivity index (χ1v) is 11.6. The Kier molecular flexibility index (Phi) is 16.0. The molecule has 0 spiro atoms. The molecule has 0 aromatic carbocycles. The summed E-state index contributed by atoms with van der Waals surface area (Å²) in [4.78, 5) is 15.8. The lowest BCUT2D eigenvalue weighted by Crippen LogP contribution is -2.24. The molecule has 0 atom stereocenters. The Balaban J connectivity index is 1.78. The van der Waals surface area contributed by atoms with Crippen molar-refractivity contribution in [1.82, 2.24) is 10.3 Å². The van der Waals surface area contributed by atoms with Gasteiger partial charge in [0.15, 0.2) is 0 Å². The highest BCUT2D eigenvalue weighted by atomic mass is 35.5. The largest absolute Gasteiger partial charge is 0.396 e. The van der Waals surface area contributed by atoms with E-state index in [9.17, 15) is 4.79 Å². The lowest BCUT2D eigenvalue weighted by Gasteiger charge is -2.05. The molecule has 1 amide bonds. The van der Waals surface area contributed by atoms with Crippen LogP contribution in [0, 0.1) is 0 Å². The van der Waals surface area contributed by atoms with Gasteiger partial charge in [-0.1, -0.05) is 95.1 Å². The summed E-state index contributed by atoms with van der Waals surface area (Å²) < 4.78 is 0. The number of unbranched alkanes of at least 4 members (excludes halogenated alkanes) is 14. The second kappa shape index (κ2) is 17.9. The topological polar surface area (TPSA) is 62.2 Å². The number of aliphatic hydroxyl groups is 1. The molecule has 1 aromatic rings. The fourth-order valence-electron chi connectivity index (χ4n) is 3.35. The summed E-state index contributed by atoms with van der Waals surface area (Å²) in [5.41, 5.74) is 0.561. The van der Waals surface area contributed by atoms with Crippen LogP contribution in [0.2, 0.25) is 5.15 Å². The fourth-order valence-corrected chi connectivity index (χ4v) is 3.46. The van der Waals surface area contributed by atoms with Crippen molar-refractivity contribution in [3.8, 4) is 0 Å². The summed E-state index contributed by atoms with van der Waals surface area (Å²) in [7, 11) is 0. The van der Waals surface area contributed by atoms with Crippen LogP contribution in [0.3, 0.4) is 0 Å². The number of rotatable bonds is 18. The Bertz CT molecular complexity index is 494. The normalized spacial score (nSPS) is 10.9. The van der Waals surface area contributed by atoms with Crippen LogP contribution in [0.1, 0.15) is 107 Å². The molecule has 0 aliphatic rings. The summed E-state index contributed by atoms with van der Waals surface area (Å²) in [6, 6.07) is 3.33. The van der Waals surface area contributed by atoms with Crippen molar-refractivity contribution in [2.45, 2.75) is 96.3 Å². The molecule has 0 aliphatic carbocycles. The molecule has 0 unspecified atom stereocenters. The quantitative estimate of drug-likeness (QED) is 0.220. The van der Waals surface area contributed by atoms with Gasteiger partial charge in [-0.05, 0) is 25.0 Å². The Hall–Kier alpha value is -1.13. The van der Waals surface area contributed by atoms with Crippen LogP contribution in [-0.4, -0.2) is 29.1 Å². The molecule has 1 rings (SSSR count). The zero-order chi connectivity index (χ0) is 20.3. The molecular formula is C23H39ClN2O2. The van der Waals surface area contributed by atoms with Crippen molar-refractivity contribution in [2.24, 2.45) is 0 Å². The zero-order valence-electron chi connectivity index (χ0n) is 17.4. The summed E-state index contributed by atoms with van der Waals surface area (Å²) in [5, 5.41) is 12.1. The molecule has 1 heterocycles. The third kappa shape index (κ3) is 14.0. The van der Waals surface area contributed by atoms with Gasteiger partial charge < -0.3 is 10.4 Å². The number of hydrogen-bond donors (Lipinski definition) is 2. The highest BCUT2D eigenvalue weighted by Crippen LogP contribution is 2.13. The van der Waals surface area contributed by atoms with Gasteiger partial charge in [-0.15, -0.1) is 0 Å². The van der Waals surface area contributed by atoms with Crippen LogP contribution in [-0.2, 0) is 0 Å². The van der Waals surface area contributed by atoms with Crippen LogP contribution in [0.4, 0.5) is 0 Å². The van der Waals surface area contributed by atoms with Crippen LogP contribution >= 0.6 is 11.6 Å². The summed E-state index contributed by atoms with van der Waals surface area (Å²) >= 11 is 5.72. The number of hydrogen-bond acceptors (Lipinski definition) is 3. The fraction of sp³-hybridized carbons (Fsp3) is 0.739. The highest BCUT2D eigenvalue weighted by Gasteiger charge is 2.04. The maximum Gasteiger partial charge on any atom is 0.252 e. The molecule has 28 heavy (non-hydrogen) atoms. The molecule has 2 N–H and O–H groups in total. The van der Waals surface area contributed by atoms with Gasteiger partial charge in [0.1, 0.15) is 5.15 Å². The molecule has 0 fully saturated rings. The molecule has 1 aromatic heterocycles. The molecule has 0 aliphatic heterocycles. The molecule has 160 valence electrons. The first kappa shape index (κ1) is 24.9. The number of amides is 1. The van der Waals surface area contributed by atoms with Crippen LogP contribution in [0.25, 0.3) is 0 Å². The second-order valence-corrected chi connectivity index (χ2v) is 8.04. The van der Waals surface area contributed by atoms with Crippen molar-refractivity contribution in [3.05, 3.63) is 29.0 Å². The van der Waals surface area contributed by atoms with Gasteiger partial charge in [-0.2, -0.15) is 0 Å². The number of carbonyl (C=O) groups excluding carboxylic acids is 1. The van der Waals surface area contributed by atoms with E-state index in [1.54, 1.807) is 12.1 Å². The maximum atomic E-state index is 11.9. The van der Waals surface area contributed by atoms with E-state index in [-0.39, 0.29) is 5.91 Å². The van der Waals surface area contributed by atoms with E-state index in [2.05, 4.69) is 10.3 Å². The number of halogens is 1. The number of aliphatic hydroxyl groups excluding tert-OH is 1. The molecule has 0 saturated heterocycles. The van der Waals surface area contributed by atoms with E-state index < -0.39 is 0 Å². The van der Waals surface area contributed by atoms with Crippen LogP contribution < -0.4 is 5.32 Å². The van der Waals surface area contributed by atoms with Crippen molar-refractivity contribution in [3.63, 3.8) is 0 Å². The van der Waals surface area contributed by atoms with E-state index in [4.69, 9.17) is 16.7 Å². The van der Waals surface area contributed by atoms with Gasteiger partial charge in [-0.25, -0.2) is 4.98 Å². The number of aromatic nitrogens is 1. The Morgan fingerprint density at radius 2 is 1.25 bits per heavy atom. The summed E-state index contributed by atoms with van der Waals surface area (Å²) in [6.45, 7) is 1.07. The molecule has 0 radical (unpaired) electrons. The average molecular weight is 411 g/mol. The van der Waals surface area contributed by atoms with Gasteiger partial charge in [0.25, 0.3) is 5.91 Å². The minimum Gasteiger partial charge on any atom is -0.396 e. The van der Waals surface area contributed by atoms with E-state index in [1.165, 1.54) is 89.7 Å². The average Bonchev–Trinajstić information content (AvgIpc) is 2.70. The van der Waals surface area contributed by atoms with Crippen molar-refractivity contribution in [1.29, 1.82) is 0 Å². The lowest BCUT2D eigenvalue weighted by molar-refractivity contribution is 0.0952. The molecule has 5 heteroatoms. The van der Waals surface area contributed by atoms with Gasteiger partial charge >= 0.3 is 0 Å². The maximum absolute atomic E-state index is 11.9. The van der Waals surface area contributed by atoms with Crippen LogP contribution in [0.15, 0.2) is 18.3 Å². The zero-order valence-corrected chi connectivity index (χ0v) is 18.2. The molecular weight excluding hydrogens is 372 g/mol. The third-order valence-corrected chi connectivity index (χ3v) is 5.33. The standard InChI is InChI=1S/C23H39ClN2O2/c24-22-17-16-21(20-26-22)23(28)25-18-14-12-10-8-6-4-2-1-3-5-7-9-11-13-15-19-27/h16-17,20,27H,1-15,18-19H2,(H,25,28). The van der Waals surface area contributed by atoms with Crippen molar-refractivity contribution < 1.29 is 9.90 Å². The molecule has 0 bridgehead atoms. The third-order valence-electron chi connectivity index (χ3n) is 5.11. The van der Waals surface area contributed by atoms with Gasteiger partial charge in [0, 0.05) is 19.3 Å². The van der Waals surface area contributed by atoms with Crippen LogP contribution in [0.5, 0.6) is 0 Å². The smallest absolute Gasteiger partial charge is 0.252 e. The molecule has 4 nitrogen and oxygen atoms in total. The van der Waals surface area contributed by atoms with E-state index in [0.29, 0.717) is 17.3 Å². The number of nitrogens with zero attached hydrogens (tertiary/aromatic N) is 1. The van der Waals surface area contributed by atoms with Gasteiger partial charge in [0.05, 0.1) is 5.56 Å². The lowest BCUT2D eigenvalue weighted by atomic mass is 10.0. The monoisotopic (exact) mass is 410 g/mol. The number of nitrogens with one attached hydrogen (secondary N) is 1. The number of pyridine rings is 1. The molecule has 0 saturated carbocycles. The highest BCUT2D eigenvalue weighted by molar-refractivity contribution is 6.29. The second-order valence-electron chi connectivity index (χ2n) is 7.65. The predicted octanol–water partition coefficient (Wildman–Crippen LogP) is 6.31. The minimum atomic E-state index is -0.0747. The van der Waals surface area contributed by atoms with E-state index in [0.717, 1.165) is 19.4 Å². The predicted molar refractivity (Wildman–Crippen MR) is 118 cm³/mol. The number of carbonyl (C=O) groups is 1. The first-order chi connectivity index (χ1) is 13.7. The van der Waals surface area contributed by atoms with Crippen molar-refractivity contribution in [2.75, 3.05) is 13.2 Å². The summed E-state index contributed by atoms with van der Waals surface area (Å²) in [6.07, 6.45) is 20.6. The summed E-state index contributed by atoms with van der Waals surface area (Å²) in [5.74, 6) is -0.0747. The minimum absolute atomic E-state index is 0.0747. The van der Waals surface area contributed by atoms with Gasteiger partial charge in [-0.3, -0.25) is 4.79 Å². The SMILES string of the molecule is O=C(NCCCCCCCCCCCCCCCCCO)c1ccc(Cl)nc1. The van der Waals surface area contributed by atoms with E-state index >= 15 is 0 Å². The van der Waals surface area contributed by atoms with Crippen molar-refractivity contribution >= 4 is 17.5 Å². The van der Waals surface area contributed by atoms with Gasteiger partial charge in [0.2, 0.25) is 0 Å². The van der Waals surface area contributed by atoms with E-state index in [1.807, 2.05) is 0 Å². The first-order valence-electron chi connectivity index (χ1n) is 11.2.